The van der Waals surface area contributed by atoms with E-state index in [-0.39, 0.29) is 5.91 Å². The van der Waals surface area contributed by atoms with Crippen LogP contribution < -0.4 is 5.32 Å². The Morgan fingerprint density at radius 1 is 1.21 bits per heavy atom. The van der Waals surface area contributed by atoms with Crippen molar-refractivity contribution in [1.29, 1.82) is 5.26 Å². The molecule has 0 bridgehead atoms. The van der Waals surface area contributed by atoms with E-state index < -0.39 is 0 Å². The highest BCUT2D eigenvalue weighted by Gasteiger charge is 2.18. The highest BCUT2D eigenvalue weighted by atomic mass is 16.1. The number of nitrogens with zero attached hydrogens (tertiary/aromatic N) is 3. The van der Waals surface area contributed by atoms with Crippen molar-refractivity contribution in [1.82, 2.24) is 4.98 Å². The lowest BCUT2D eigenvalue weighted by Gasteiger charge is -2.12. The van der Waals surface area contributed by atoms with Gasteiger partial charge < -0.3 is 5.32 Å². The van der Waals surface area contributed by atoms with Crippen molar-refractivity contribution in [3.8, 4) is 6.07 Å². The molecular weight excluding hydrogens is 300 g/mol. The molecular formula is C19H18N4O. The third kappa shape index (κ3) is 2.56. The van der Waals surface area contributed by atoms with E-state index in [2.05, 4.69) is 21.4 Å². The summed E-state index contributed by atoms with van der Waals surface area (Å²) < 4.78 is 0. The topological polar surface area (TPSA) is 78.1 Å². The molecule has 2 heterocycles. The van der Waals surface area contributed by atoms with E-state index in [4.69, 9.17) is 0 Å². The number of hydrogen-bond donors (Lipinski definition) is 1. The number of pyridine rings is 1. The van der Waals surface area contributed by atoms with Crippen LogP contribution in [0.3, 0.4) is 0 Å². The van der Waals surface area contributed by atoms with Gasteiger partial charge >= 0.3 is 0 Å². The fraction of sp³-hybridized carbons (Fsp3) is 0.263. The van der Waals surface area contributed by atoms with Gasteiger partial charge in [0.25, 0.3) is 5.91 Å². The maximum atomic E-state index is 12.6. The molecule has 5 nitrogen and oxygen atoms in total. The standard InChI is InChI=1S/C19H18N4O/c1-10-11(2)18(22-13(4)17(10)8-20)19(24)23-15-6-5-14-9-21-12(3)16(14)7-15/h5-7H,9H2,1-4H3,(H,23,24). The molecule has 0 spiro atoms. The van der Waals surface area contributed by atoms with Gasteiger partial charge in [0.05, 0.1) is 17.8 Å². The van der Waals surface area contributed by atoms with Crippen LogP contribution in [0.1, 0.15) is 50.9 Å². The van der Waals surface area contributed by atoms with Gasteiger partial charge in [-0.3, -0.25) is 9.79 Å². The van der Waals surface area contributed by atoms with Crippen molar-refractivity contribution in [3.63, 3.8) is 0 Å². The third-order valence-electron chi connectivity index (χ3n) is 4.50. The number of fused-ring (bicyclic) bond motifs is 1. The van der Waals surface area contributed by atoms with Crippen LogP contribution in [-0.4, -0.2) is 16.6 Å². The number of rotatable bonds is 2. The van der Waals surface area contributed by atoms with E-state index in [0.717, 1.165) is 28.1 Å². The van der Waals surface area contributed by atoms with E-state index in [1.807, 2.05) is 39.0 Å². The third-order valence-corrected chi connectivity index (χ3v) is 4.50. The molecule has 0 saturated heterocycles. The minimum atomic E-state index is -0.268. The maximum Gasteiger partial charge on any atom is 0.274 e. The predicted octanol–water partition coefficient (Wildman–Crippen LogP) is 3.45. The molecule has 5 heteroatoms. The highest BCUT2D eigenvalue weighted by Crippen LogP contribution is 2.24. The predicted molar refractivity (Wildman–Crippen MR) is 93.5 cm³/mol. The minimum Gasteiger partial charge on any atom is -0.321 e. The van der Waals surface area contributed by atoms with Gasteiger partial charge in [0, 0.05) is 17.0 Å². The molecule has 0 fully saturated rings. The Morgan fingerprint density at radius 3 is 2.67 bits per heavy atom. The van der Waals surface area contributed by atoms with Crippen molar-refractivity contribution in [3.05, 3.63) is 57.4 Å². The lowest BCUT2D eigenvalue weighted by atomic mass is 10.0. The van der Waals surface area contributed by atoms with Crippen molar-refractivity contribution in [2.75, 3.05) is 5.32 Å². The second-order valence-electron chi connectivity index (χ2n) is 6.01. The zero-order valence-corrected chi connectivity index (χ0v) is 14.2. The van der Waals surface area contributed by atoms with Crippen LogP contribution >= 0.6 is 0 Å². The van der Waals surface area contributed by atoms with Crippen molar-refractivity contribution >= 4 is 17.3 Å². The average Bonchev–Trinajstić information content (AvgIpc) is 2.92. The summed E-state index contributed by atoms with van der Waals surface area (Å²) in [7, 11) is 0. The molecule has 1 aromatic carbocycles. The van der Waals surface area contributed by atoms with Crippen molar-refractivity contribution in [2.45, 2.75) is 34.2 Å². The summed E-state index contributed by atoms with van der Waals surface area (Å²) in [5.41, 5.74) is 6.94. The molecule has 1 aromatic heterocycles. The van der Waals surface area contributed by atoms with Crippen LogP contribution in [0.5, 0.6) is 0 Å². The molecule has 3 rings (SSSR count). The Kier molecular flexibility index (Phi) is 3.90. The van der Waals surface area contributed by atoms with E-state index in [1.54, 1.807) is 6.92 Å². The van der Waals surface area contributed by atoms with Crippen LogP contribution in [0.25, 0.3) is 0 Å². The zero-order chi connectivity index (χ0) is 17.4. The number of anilines is 1. The van der Waals surface area contributed by atoms with E-state index in [1.165, 1.54) is 5.56 Å². The number of carbonyl (C=O) groups is 1. The SMILES string of the molecule is CC1=NCc2ccc(NC(=O)c3nc(C)c(C#N)c(C)c3C)cc21. The lowest BCUT2D eigenvalue weighted by Crippen LogP contribution is -2.17. The quantitative estimate of drug-likeness (QED) is 0.921. The first-order valence-electron chi connectivity index (χ1n) is 7.76. The fourth-order valence-electron chi connectivity index (χ4n) is 2.94. The maximum absolute atomic E-state index is 12.6. The molecule has 1 aliphatic heterocycles. The summed E-state index contributed by atoms with van der Waals surface area (Å²) in [6.07, 6.45) is 0. The number of aliphatic imine (C=N–C) groups is 1. The monoisotopic (exact) mass is 318 g/mol. The molecule has 24 heavy (non-hydrogen) atoms. The Bertz CT molecular complexity index is 935. The Hall–Kier alpha value is -3.00. The number of hydrogen-bond acceptors (Lipinski definition) is 4. The average molecular weight is 318 g/mol. The molecule has 0 unspecified atom stereocenters. The van der Waals surface area contributed by atoms with Crippen LogP contribution in [0, 0.1) is 32.1 Å². The van der Waals surface area contributed by atoms with Crippen molar-refractivity contribution < 1.29 is 4.79 Å². The van der Waals surface area contributed by atoms with Gasteiger partial charge in [-0.2, -0.15) is 5.26 Å². The first-order valence-corrected chi connectivity index (χ1v) is 7.76. The lowest BCUT2D eigenvalue weighted by molar-refractivity contribution is 0.102. The van der Waals surface area contributed by atoms with Gasteiger partial charge in [0.2, 0.25) is 0 Å². The number of aryl methyl sites for hydroxylation is 1. The Labute approximate surface area is 141 Å². The molecule has 1 N–H and O–H groups in total. The number of carbonyl (C=O) groups excluding carboxylic acids is 1. The summed E-state index contributed by atoms with van der Waals surface area (Å²) in [5.74, 6) is -0.268. The molecule has 0 aliphatic carbocycles. The summed E-state index contributed by atoms with van der Waals surface area (Å²) in [4.78, 5) is 21.4. The number of nitrogens with one attached hydrogen (secondary N) is 1. The van der Waals surface area contributed by atoms with Crippen LogP contribution in [0.15, 0.2) is 23.2 Å². The second-order valence-corrected chi connectivity index (χ2v) is 6.01. The molecule has 1 aliphatic rings. The molecule has 0 atom stereocenters. The molecule has 120 valence electrons. The Balaban J connectivity index is 1.93. The molecule has 0 saturated carbocycles. The smallest absolute Gasteiger partial charge is 0.274 e. The summed E-state index contributed by atoms with van der Waals surface area (Å²) in [6.45, 7) is 8.07. The zero-order valence-electron chi connectivity index (χ0n) is 14.2. The Morgan fingerprint density at radius 2 is 1.96 bits per heavy atom. The molecule has 2 aromatic rings. The van der Waals surface area contributed by atoms with Crippen LogP contribution in [0.4, 0.5) is 5.69 Å². The summed E-state index contributed by atoms with van der Waals surface area (Å²) in [5, 5.41) is 12.1. The highest BCUT2D eigenvalue weighted by molar-refractivity contribution is 6.06. The normalized spacial score (nSPS) is 12.4. The van der Waals surface area contributed by atoms with Gasteiger partial charge in [0.1, 0.15) is 11.8 Å². The van der Waals surface area contributed by atoms with E-state index in [9.17, 15) is 10.1 Å². The summed E-state index contributed by atoms with van der Waals surface area (Å²) >= 11 is 0. The first kappa shape index (κ1) is 15.9. The van der Waals surface area contributed by atoms with E-state index >= 15 is 0 Å². The number of amides is 1. The van der Waals surface area contributed by atoms with Gasteiger partial charge in [-0.25, -0.2) is 4.98 Å². The van der Waals surface area contributed by atoms with Crippen LogP contribution in [0.2, 0.25) is 0 Å². The number of benzene rings is 1. The van der Waals surface area contributed by atoms with Gasteiger partial charge in [-0.1, -0.05) is 6.07 Å². The van der Waals surface area contributed by atoms with E-state index in [0.29, 0.717) is 23.5 Å². The van der Waals surface area contributed by atoms with Crippen molar-refractivity contribution in [2.24, 2.45) is 4.99 Å². The second kappa shape index (κ2) is 5.89. The largest absolute Gasteiger partial charge is 0.321 e. The molecule has 1 amide bonds. The van der Waals surface area contributed by atoms with Crippen LogP contribution in [-0.2, 0) is 6.54 Å². The fourth-order valence-corrected chi connectivity index (χ4v) is 2.94. The first-order chi connectivity index (χ1) is 11.4. The van der Waals surface area contributed by atoms with Gasteiger partial charge in [-0.05, 0) is 56.5 Å². The number of aromatic nitrogens is 1. The minimum absolute atomic E-state index is 0.268. The van der Waals surface area contributed by atoms with Gasteiger partial charge in [-0.15, -0.1) is 0 Å². The summed E-state index contributed by atoms with van der Waals surface area (Å²) in [6, 6.07) is 7.95. The molecule has 0 radical (unpaired) electrons. The number of nitriles is 1. The van der Waals surface area contributed by atoms with Gasteiger partial charge in [0.15, 0.2) is 0 Å².